The summed E-state index contributed by atoms with van der Waals surface area (Å²) in [5.74, 6) is -0.497. The number of halogens is 1. The van der Waals surface area contributed by atoms with E-state index in [0.29, 0.717) is 0 Å². The maximum absolute atomic E-state index is 10.6. The van der Waals surface area contributed by atoms with E-state index in [4.69, 9.17) is 5.11 Å². The second kappa shape index (κ2) is 3.73. The van der Waals surface area contributed by atoms with E-state index in [-0.39, 0.29) is 12.3 Å². The van der Waals surface area contributed by atoms with Crippen LogP contribution in [0.3, 0.4) is 0 Å². The summed E-state index contributed by atoms with van der Waals surface area (Å²) in [4.78, 5) is 10.6. The van der Waals surface area contributed by atoms with Crippen molar-refractivity contribution in [1.82, 2.24) is 0 Å². The van der Waals surface area contributed by atoms with Crippen LogP contribution in [0.1, 0.15) is 29.9 Å². The summed E-state index contributed by atoms with van der Waals surface area (Å²) in [5.41, 5.74) is 2.52. The smallest absolute Gasteiger partial charge is 0.303 e. The number of hydrogen-bond donors (Lipinski definition) is 1. The van der Waals surface area contributed by atoms with Crippen molar-refractivity contribution in [3.05, 3.63) is 33.8 Å². The molecule has 1 aliphatic carbocycles. The molecule has 0 bridgehead atoms. The molecule has 1 aromatic carbocycles. The van der Waals surface area contributed by atoms with Gasteiger partial charge in [0.25, 0.3) is 0 Å². The molecular formula is C11H11BrO2. The predicted octanol–water partition coefficient (Wildman–Crippen LogP) is 2.95. The lowest BCUT2D eigenvalue weighted by molar-refractivity contribution is -0.137. The summed E-state index contributed by atoms with van der Waals surface area (Å²) in [6.45, 7) is 0. The molecule has 0 aliphatic heterocycles. The minimum absolute atomic E-state index is 0.208. The molecule has 0 radical (unpaired) electrons. The second-order valence-electron chi connectivity index (χ2n) is 3.68. The molecule has 0 heterocycles. The summed E-state index contributed by atoms with van der Waals surface area (Å²) >= 11 is 3.41. The lowest BCUT2D eigenvalue weighted by Crippen LogP contribution is -2.02. The molecule has 2 rings (SSSR count). The zero-order valence-corrected chi connectivity index (χ0v) is 9.25. The van der Waals surface area contributed by atoms with Crippen molar-refractivity contribution in [3.63, 3.8) is 0 Å². The Kier molecular flexibility index (Phi) is 2.59. The van der Waals surface area contributed by atoms with Crippen LogP contribution in [0.15, 0.2) is 22.7 Å². The van der Waals surface area contributed by atoms with Crippen molar-refractivity contribution >= 4 is 21.9 Å². The maximum atomic E-state index is 10.6. The Morgan fingerprint density at radius 2 is 2.36 bits per heavy atom. The number of fused-ring (bicyclic) bond motifs is 1. The molecule has 1 atom stereocenters. The van der Waals surface area contributed by atoms with Gasteiger partial charge in [0, 0.05) is 4.47 Å². The van der Waals surface area contributed by atoms with Crippen LogP contribution < -0.4 is 0 Å². The molecule has 0 aromatic heterocycles. The van der Waals surface area contributed by atoms with E-state index >= 15 is 0 Å². The fraction of sp³-hybridized carbons (Fsp3) is 0.364. The Morgan fingerprint density at radius 3 is 3.07 bits per heavy atom. The lowest BCUT2D eigenvalue weighted by Gasteiger charge is -2.08. The molecule has 0 spiro atoms. The molecule has 0 saturated heterocycles. The molecule has 1 aliphatic rings. The average Bonchev–Trinajstić information content (AvgIpc) is 2.47. The molecule has 14 heavy (non-hydrogen) atoms. The van der Waals surface area contributed by atoms with E-state index in [2.05, 4.69) is 28.1 Å². The maximum Gasteiger partial charge on any atom is 0.303 e. The zero-order chi connectivity index (χ0) is 10.1. The molecule has 2 nitrogen and oxygen atoms in total. The van der Waals surface area contributed by atoms with Gasteiger partial charge in [0.15, 0.2) is 0 Å². The van der Waals surface area contributed by atoms with Crippen molar-refractivity contribution in [2.45, 2.75) is 25.2 Å². The number of carboxylic acids is 1. The van der Waals surface area contributed by atoms with Crippen LogP contribution in [-0.2, 0) is 11.2 Å². The first-order valence-electron chi connectivity index (χ1n) is 4.67. The molecule has 3 heteroatoms. The number of carboxylic acid groups (broad SMARTS) is 1. The van der Waals surface area contributed by atoms with Crippen LogP contribution in [-0.4, -0.2) is 11.1 Å². The minimum atomic E-state index is -0.706. The second-order valence-corrected chi connectivity index (χ2v) is 4.59. The predicted molar refractivity (Wildman–Crippen MR) is 57.5 cm³/mol. The Bertz CT molecular complexity index is 374. The highest BCUT2D eigenvalue weighted by Crippen LogP contribution is 2.36. The highest BCUT2D eigenvalue weighted by molar-refractivity contribution is 9.10. The molecule has 1 unspecified atom stereocenters. The van der Waals surface area contributed by atoms with Gasteiger partial charge in [-0.25, -0.2) is 0 Å². The van der Waals surface area contributed by atoms with Gasteiger partial charge in [-0.1, -0.05) is 22.0 Å². The summed E-state index contributed by atoms with van der Waals surface area (Å²) in [6.07, 6.45) is 2.24. The lowest BCUT2D eigenvalue weighted by atomic mass is 9.98. The monoisotopic (exact) mass is 254 g/mol. The van der Waals surface area contributed by atoms with Gasteiger partial charge in [-0.3, -0.25) is 4.79 Å². The van der Waals surface area contributed by atoms with Gasteiger partial charge in [-0.15, -0.1) is 0 Å². The first kappa shape index (κ1) is 9.71. The fourth-order valence-corrected chi connectivity index (χ4v) is 2.46. The number of aryl methyl sites for hydroxylation is 1. The standard InChI is InChI=1S/C11H11BrO2/c12-9-4-3-7-1-2-8(5-11(13)14)10(7)6-9/h3-4,6,8H,1-2,5H2,(H,13,14). The third-order valence-electron chi connectivity index (χ3n) is 2.73. The van der Waals surface area contributed by atoms with Crippen molar-refractivity contribution in [1.29, 1.82) is 0 Å². The molecule has 0 saturated carbocycles. The molecule has 74 valence electrons. The zero-order valence-electron chi connectivity index (χ0n) is 7.66. The Labute approximate surface area is 91.1 Å². The van der Waals surface area contributed by atoms with Gasteiger partial charge < -0.3 is 5.11 Å². The normalized spacial score (nSPS) is 19.4. The first-order chi connectivity index (χ1) is 6.66. The van der Waals surface area contributed by atoms with Gasteiger partial charge >= 0.3 is 5.97 Å². The Balaban J connectivity index is 2.28. The summed E-state index contributed by atoms with van der Waals surface area (Å²) in [6, 6.07) is 6.15. The van der Waals surface area contributed by atoms with Gasteiger partial charge in [0.1, 0.15) is 0 Å². The van der Waals surface area contributed by atoms with Crippen LogP contribution in [0.4, 0.5) is 0 Å². The topological polar surface area (TPSA) is 37.3 Å². The molecule has 1 N–H and O–H groups in total. The van der Waals surface area contributed by atoms with Gasteiger partial charge in [-0.2, -0.15) is 0 Å². The van der Waals surface area contributed by atoms with E-state index in [1.807, 2.05) is 6.07 Å². The van der Waals surface area contributed by atoms with E-state index in [0.717, 1.165) is 17.3 Å². The van der Waals surface area contributed by atoms with Crippen LogP contribution in [0.2, 0.25) is 0 Å². The summed E-state index contributed by atoms with van der Waals surface area (Å²) < 4.78 is 1.04. The van der Waals surface area contributed by atoms with E-state index in [1.165, 1.54) is 11.1 Å². The minimum Gasteiger partial charge on any atom is -0.481 e. The van der Waals surface area contributed by atoms with Crippen molar-refractivity contribution in [2.75, 3.05) is 0 Å². The Morgan fingerprint density at radius 1 is 1.57 bits per heavy atom. The van der Waals surface area contributed by atoms with Gasteiger partial charge in [-0.05, 0) is 42.0 Å². The van der Waals surface area contributed by atoms with E-state index in [9.17, 15) is 4.79 Å². The molecular weight excluding hydrogens is 244 g/mol. The van der Waals surface area contributed by atoms with Crippen LogP contribution >= 0.6 is 15.9 Å². The van der Waals surface area contributed by atoms with Crippen LogP contribution in [0, 0.1) is 0 Å². The Hall–Kier alpha value is -0.830. The molecule has 0 fully saturated rings. The number of carbonyl (C=O) groups is 1. The van der Waals surface area contributed by atoms with Crippen molar-refractivity contribution in [2.24, 2.45) is 0 Å². The van der Waals surface area contributed by atoms with E-state index in [1.54, 1.807) is 0 Å². The summed E-state index contributed by atoms with van der Waals surface area (Å²) in [5, 5.41) is 8.76. The largest absolute Gasteiger partial charge is 0.481 e. The fourth-order valence-electron chi connectivity index (χ4n) is 2.08. The molecule has 1 aromatic rings. The highest BCUT2D eigenvalue weighted by atomic mass is 79.9. The molecule has 0 amide bonds. The summed E-state index contributed by atoms with van der Waals surface area (Å²) in [7, 11) is 0. The van der Waals surface area contributed by atoms with Crippen LogP contribution in [0.25, 0.3) is 0 Å². The average molecular weight is 255 g/mol. The number of aliphatic carboxylic acids is 1. The van der Waals surface area contributed by atoms with Crippen molar-refractivity contribution < 1.29 is 9.90 Å². The third-order valence-corrected chi connectivity index (χ3v) is 3.22. The number of hydrogen-bond acceptors (Lipinski definition) is 1. The van der Waals surface area contributed by atoms with E-state index < -0.39 is 5.97 Å². The van der Waals surface area contributed by atoms with Gasteiger partial charge in [0.05, 0.1) is 6.42 Å². The number of rotatable bonds is 2. The van der Waals surface area contributed by atoms with Gasteiger partial charge in [0.2, 0.25) is 0 Å². The quantitative estimate of drug-likeness (QED) is 0.882. The first-order valence-corrected chi connectivity index (χ1v) is 5.46. The number of benzene rings is 1. The van der Waals surface area contributed by atoms with Crippen LogP contribution in [0.5, 0.6) is 0 Å². The van der Waals surface area contributed by atoms with Crippen molar-refractivity contribution in [3.8, 4) is 0 Å². The third kappa shape index (κ3) is 1.82. The highest BCUT2D eigenvalue weighted by Gasteiger charge is 2.24. The SMILES string of the molecule is O=C(O)CC1CCc2ccc(Br)cc21.